The number of anilines is 1. The van der Waals surface area contributed by atoms with Gasteiger partial charge in [0.05, 0.1) is 5.56 Å². The summed E-state index contributed by atoms with van der Waals surface area (Å²) >= 11 is 0. The maximum Gasteiger partial charge on any atom is 0.227 e. The van der Waals surface area contributed by atoms with Crippen LogP contribution in [0.1, 0.15) is 30.3 Å². The van der Waals surface area contributed by atoms with E-state index in [1.807, 2.05) is 38.1 Å². The molecule has 2 N–H and O–H groups in total. The van der Waals surface area contributed by atoms with Gasteiger partial charge in [-0.2, -0.15) is 4.98 Å². The monoisotopic (exact) mass is 257 g/mol. The lowest BCUT2D eigenvalue weighted by molar-refractivity contribution is 0.454. The van der Waals surface area contributed by atoms with Crippen molar-refractivity contribution in [2.75, 3.05) is 5.73 Å². The topological polar surface area (TPSA) is 61.0 Å². The molecule has 2 rings (SSSR count). The molecule has 1 heterocycles. The van der Waals surface area contributed by atoms with E-state index < -0.39 is 0 Å². The summed E-state index contributed by atoms with van der Waals surface area (Å²) < 4.78 is 5.83. The number of hydrogen-bond donors (Lipinski definition) is 1. The van der Waals surface area contributed by atoms with E-state index in [0.717, 1.165) is 35.5 Å². The van der Waals surface area contributed by atoms with Crippen LogP contribution in [-0.4, -0.2) is 9.97 Å². The number of ether oxygens (including phenoxy) is 1. The normalized spacial score (nSPS) is 10.5. The summed E-state index contributed by atoms with van der Waals surface area (Å²) in [5, 5.41) is 0. The minimum absolute atomic E-state index is 0.487. The molecule has 0 unspecified atom stereocenters. The lowest BCUT2D eigenvalue weighted by atomic mass is 10.2. The van der Waals surface area contributed by atoms with E-state index in [2.05, 4.69) is 16.9 Å². The standard InChI is InChI=1S/C15H19N3O/c1-4-6-13-17-14(16)11(3)15(18-13)19-12-8-5-7-10(2)9-12/h5,7-9H,4,6H2,1-3H3,(H2,16,17,18). The summed E-state index contributed by atoms with van der Waals surface area (Å²) in [4.78, 5) is 8.70. The van der Waals surface area contributed by atoms with Crippen LogP contribution in [0.15, 0.2) is 24.3 Å². The van der Waals surface area contributed by atoms with E-state index in [1.54, 1.807) is 0 Å². The lowest BCUT2D eigenvalue weighted by Crippen LogP contribution is -2.05. The molecule has 1 aromatic heterocycles. The molecule has 0 bridgehead atoms. The highest BCUT2D eigenvalue weighted by molar-refractivity contribution is 5.46. The van der Waals surface area contributed by atoms with E-state index in [-0.39, 0.29) is 0 Å². The SMILES string of the molecule is CCCc1nc(N)c(C)c(Oc2cccc(C)c2)n1. The highest BCUT2D eigenvalue weighted by Crippen LogP contribution is 2.26. The zero-order chi connectivity index (χ0) is 13.8. The van der Waals surface area contributed by atoms with Crippen LogP contribution in [0, 0.1) is 13.8 Å². The van der Waals surface area contributed by atoms with Crippen LogP contribution >= 0.6 is 0 Å². The van der Waals surface area contributed by atoms with Gasteiger partial charge in [0, 0.05) is 6.42 Å². The second-order valence-electron chi connectivity index (χ2n) is 4.62. The Bertz CT molecular complexity index is 582. The second kappa shape index (κ2) is 5.69. The van der Waals surface area contributed by atoms with Gasteiger partial charge in [-0.1, -0.05) is 19.1 Å². The fraction of sp³-hybridized carbons (Fsp3) is 0.333. The number of benzene rings is 1. The highest BCUT2D eigenvalue weighted by Gasteiger charge is 2.10. The van der Waals surface area contributed by atoms with Gasteiger partial charge < -0.3 is 10.5 Å². The van der Waals surface area contributed by atoms with E-state index in [9.17, 15) is 0 Å². The van der Waals surface area contributed by atoms with Crippen molar-refractivity contribution in [3.05, 3.63) is 41.2 Å². The smallest absolute Gasteiger partial charge is 0.227 e. The van der Waals surface area contributed by atoms with Crippen LogP contribution in [-0.2, 0) is 6.42 Å². The largest absolute Gasteiger partial charge is 0.439 e. The number of nitrogens with zero attached hydrogens (tertiary/aromatic N) is 2. The molecule has 0 amide bonds. The number of rotatable bonds is 4. The number of hydrogen-bond acceptors (Lipinski definition) is 4. The van der Waals surface area contributed by atoms with Crippen molar-refractivity contribution in [2.45, 2.75) is 33.6 Å². The molecule has 0 aliphatic carbocycles. The number of aryl methyl sites for hydroxylation is 2. The molecule has 0 saturated heterocycles. The molecule has 1 aromatic carbocycles. The predicted octanol–water partition coefficient (Wildman–Crippen LogP) is 3.42. The third-order valence-electron chi connectivity index (χ3n) is 2.86. The first-order chi connectivity index (χ1) is 9.10. The summed E-state index contributed by atoms with van der Waals surface area (Å²) in [7, 11) is 0. The average molecular weight is 257 g/mol. The van der Waals surface area contributed by atoms with Crippen molar-refractivity contribution in [3.8, 4) is 11.6 Å². The summed E-state index contributed by atoms with van der Waals surface area (Å²) in [5.41, 5.74) is 7.83. The molecular weight excluding hydrogens is 238 g/mol. The Morgan fingerprint density at radius 3 is 2.68 bits per heavy atom. The quantitative estimate of drug-likeness (QED) is 0.911. The van der Waals surface area contributed by atoms with Gasteiger partial charge in [0.2, 0.25) is 5.88 Å². The summed E-state index contributed by atoms with van der Waals surface area (Å²) in [6.07, 6.45) is 1.78. The average Bonchev–Trinajstić information content (AvgIpc) is 2.36. The Labute approximate surface area is 113 Å². The third kappa shape index (κ3) is 3.22. The first-order valence-corrected chi connectivity index (χ1v) is 6.47. The van der Waals surface area contributed by atoms with E-state index in [0.29, 0.717) is 11.7 Å². The van der Waals surface area contributed by atoms with Crippen LogP contribution in [0.3, 0.4) is 0 Å². The molecule has 0 saturated carbocycles. The minimum Gasteiger partial charge on any atom is -0.439 e. The van der Waals surface area contributed by atoms with E-state index in [4.69, 9.17) is 10.5 Å². The van der Waals surface area contributed by atoms with Crippen molar-refractivity contribution < 1.29 is 4.74 Å². The van der Waals surface area contributed by atoms with Gasteiger partial charge in [-0.25, -0.2) is 4.98 Å². The molecule has 0 fully saturated rings. The molecule has 0 radical (unpaired) electrons. The lowest BCUT2D eigenvalue weighted by Gasteiger charge is -2.11. The Kier molecular flexibility index (Phi) is 4.00. The first kappa shape index (κ1) is 13.3. The predicted molar refractivity (Wildman–Crippen MR) is 76.4 cm³/mol. The van der Waals surface area contributed by atoms with E-state index >= 15 is 0 Å². The van der Waals surface area contributed by atoms with Crippen LogP contribution < -0.4 is 10.5 Å². The Morgan fingerprint density at radius 2 is 2.00 bits per heavy atom. The van der Waals surface area contributed by atoms with Crippen molar-refractivity contribution in [1.29, 1.82) is 0 Å². The van der Waals surface area contributed by atoms with Gasteiger partial charge in [0.25, 0.3) is 0 Å². The van der Waals surface area contributed by atoms with Crippen LogP contribution in [0.25, 0.3) is 0 Å². The van der Waals surface area contributed by atoms with Crippen LogP contribution in [0.2, 0.25) is 0 Å². The summed E-state index contributed by atoms with van der Waals surface area (Å²) in [5.74, 6) is 2.53. The first-order valence-electron chi connectivity index (χ1n) is 6.47. The fourth-order valence-electron chi connectivity index (χ4n) is 1.78. The zero-order valence-electron chi connectivity index (χ0n) is 11.6. The molecule has 100 valence electrons. The molecular formula is C15H19N3O. The molecule has 0 spiro atoms. The maximum atomic E-state index is 5.90. The summed E-state index contributed by atoms with van der Waals surface area (Å²) in [6, 6.07) is 7.86. The van der Waals surface area contributed by atoms with Gasteiger partial charge in [-0.3, -0.25) is 0 Å². The Hall–Kier alpha value is -2.10. The van der Waals surface area contributed by atoms with Gasteiger partial charge in [0.1, 0.15) is 17.4 Å². The van der Waals surface area contributed by atoms with Gasteiger partial charge >= 0.3 is 0 Å². The zero-order valence-corrected chi connectivity index (χ0v) is 11.6. The van der Waals surface area contributed by atoms with Gasteiger partial charge in [0.15, 0.2) is 0 Å². The molecule has 4 nitrogen and oxygen atoms in total. The van der Waals surface area contributed by atoms with Crippen molar-refractivity contribution in [2.24, 2.45) is 0 Å². The molecule has 4 heteroatoms. The third-order valence-corrected chi connectivity index (χ3v) is 2.86. The minimum atomic E-state index is 0.487. The Balaban J connectivity index is 2.33. The summed E-state index contributed by atoms with van der Waals surface area (Å²) in [6.45, 7) is 5.98. The van der Waals surface area contributed by atoms with Crippen molar-refractivity contribution >= 4 is 5.82 Å². The van der Waals surface area contributed by atoms with E-state index in [1.165, 1.54) is 0 Å². The van der Waals surface area contributed by atoms with Gasteiger partial charge in [-0.15, -0.1) is 0 Å². The number of nitrogens with two attached hydrogens (primary N) is 1. The van der Waals surface area contributed by atoms with Crippen LogP contribution in [0.5, 0.6) is 11.6 Å². The number of aromatic nitrogens is 2. The fourth-order valence-corrected chi connectivity index (χ4v) is 1.78. The molecule has 2 aromatic rings. The second-order valence-corrected chi connectivity index (χ2v) is 4.62. The van der Waals surface area contributed by atoms with Gasteiger partial charge in [-0.05, 0) is 38.0 Å². The van der Waals surface area contributed by atoms with Crippen LogP contribution in [0.4, 0.5) is 5.82 Å². The molecule has 0 aliphatic heterocycles. The molecule has 0 aliphatic rings. The number of nitrogen functional groups attached to an aromatic ring is 1. The molecule has 19 heavy (non-hydrogen) atoms. The highest BCUT2D eigenvalue weighted by atomic mass is 16.5. The van der Waals surface area contributed by atoms with Crippen molar-refractivity contribution in [3.63, 3.8) is 0 Å². The van der Waals surface area contributed by atoms with Crippen molar-refractivity contribution in [1.82, 2.24) is 9.97 Å². The molecule has 0 atom stereocenters. The maximum absolute atomic E-state index is 5.90. The Morgan fingerprint density at radius 1 is 1.21 bits per heavy atom.